The number of piperidine rings is 1. The smallest absolute Gasteiger partial charge is 0.322 e. The highest BCUT2D eigenvalue weighted by Gasteiger charge is 2.30. The Hall–Kier alpha value is -1.89. The highest BCUT2D eigenvalue weighted by molar-refractivity contribution is 7.14. The van der Waals surface area contributed by atoms with Crippen LogP contribution in [0, 0.1) is 5.92 Å². The van der Waals surface area contributed by atoms with Crippen LogP contribution in [-0.4, -0.2) is 34.2 Å². The van der Waals surface area contributed by atoms with Gasteiger partial charge < -0.3 is 9.42 Å². The molecular formula is C16H20N4O2S. The molecule has 2 amide bonds. The second-order valence-electron chi connectivity index (χ2n) is 6.39. The van der Waals surface area contributed by atoms with Gasteiger partial charge in [0.1, 0.15) is 0 Å². The minimum Gasteiger partial charge on any atom is -0.339 e. The fraction of sp³-hybridized carbons (Fsp3) is 0.562. The predicted molar refractivity (Wildman–Crippen MR) is 87.6 cm³/mol. The number of urea groups is 1. The van der Waals surface area contributed by atoms with Gasteiger partial charge in [-0.2, -0.15) is 4.98 Å². The Morgan fingerprint density at radius 1 is 1.43 bits per heavy atom. The van der Waals surface area contributed by atoms with Crippen LogP contribution < -0.4 is 5.32 Å². The molecule has 1 aliphatic heterocycles. The molecule has 1 saturated carbocycles. The van der Waals surface area contributed by atoms with Crippen molar-refractivity contribution < 1.29 is 9.32 Å². The van der Waals surface area contributed by atoms with Crippen molar-refractivity contribution in [3.05, 3.63) is 29.2 Å². The van der Waals surface area contributed by atoms with Crippen molar-refractivity contribution >= 4 is 22.4 Å². The van der Waals surface area contributed by atoms with Crippen molar-refractivity contribution in [1.29, 1.82) is 0 Å². The fourth-order valence-electron chi connectivity index (χ4n) is 3.06. The maximum Gasteiger partial charge on any atom is 0.322 e. The lowest BCUT2D eigenvalue weighted by Crippen LogP contribution is -2.42. The number of nitrogens with one attached hydrogen (secondary N) is 1. The Bertz CT molecular complexity index is 665. The molecule has 2 aromatic heterocycles. The van der Waals surface area contributed by atoms with Crippen molar-refractivity contribution in [2.75, 3.05) is 18.4 Å². The molecule has 0 radical (unpaired) electrons. The van der Waals surface area contributed by atoms with Crippen LogP contribution in [0.4, 0.5) is 9.80 Å². The van der Waals surface area contributed by atoms with Gasteiger partial charge in [0.25, 0.3) is 0 Å². The molecule has 0 spiro atoms. The van der Waals surface area contributed by atoms with E-state index in [0.717, 1.165) is 49.1 Å². The number of nitrogens with zero attached hydrogens (tertiary/aromatic N) is 3. The van der Waals surface area contributed by atoms with Crippen molar-refractivity contribution in [3.63, 3.8) is 0 Å². The number of likely N-dealkylation sites (tertiary alicyclic amines) is 1. The van der Waals surface area contributed by atoms with Gasteiger partial charge in [0.05, 0.1) is 5.00 Å². The Kier molecular flexibility index (Phi) is 4.03. The average molecular weight is 332 g/mol. The second-order valence-corrected chi connectivity index (χ2v) is 7.33. The van der Waals surface area contributed by atoms with Gasteiger partial charge in [-0.05, 0) is 49.1 Å². The molecule has 1 unspecified atom stereocenters. The van der Waals surface area contributed by atoms with Crippen LogP contribution in [0.5, 0.6) is 0 Å². The Labute approximate surface area is 138 Å². The van der Waals surface area contributed by atoms with Crippen LogP contribution in [0.25, 0.3) is 0 Å². The zero-order valence-corrected chi connectivity index (χ0v) is 13.7. The lowest BCUT2D eigenvalue weighted by atomic mass is 9.95. The quantitative estimate of drug-likeness (QED) is 0.930. The van der Waals surface area contributed by atoms with Gasteiger partial charge in [-0.3, -0.25) is 5.32 Å². The molecule has 122 valence electrons. The molecule has 1 atom stereocenters. The summed E-state index contributed by atoms with van der Waals surface area (Å²) in [4.78, 5) is 18.7. The number of carbonyl (C=O) groups excluding carboxylic acids is 1. The minimum atomic E-state index is -0.0126. The summed E-state index contributed by atoms with van der Waals surface area (Å²) in [6.45, 7) is 1.56. The summed E-state index contributed by atoms with van der Waals surface area (Å²) in [6.07, 6.45) is 5.25. The van der Waals surface area contributed by atoms with E-state index in [4.69, 9.17) is 4.52 Å². The van der Waals surface area contributed by atoms with Crippen molar-refractivity contribution in [1.82, 2.24) is 15.0 Å². The van der Waals surface area contributed by atoms with E-state index in [-0.39, 0.29) is 6.03 Å². The third-order valence-corrected chi connectivity index (χ3v) is 5.23. The van der Waals surface area contributed by atoms with Crippen LogP contribution in [0.3, 0.4) is 0 Å². The minimum absolute atomic E-state index is 0.0126. The molecule has 1 saturated heterocycles. The van der Waals surface area contributed by atoms with Crippen molar-refractivity contribution in [2.24, 2.45) is 5.92 Å². The first kappa shape index (κ1) is 14.7. The van der Waals surface area contributed by atoms with Gasteiger partial charge in [-0.15, -0.1) is 11.3 Å². The largest absolute Gasteiger partial charge is 0.339 e. The van der Waals surface area contributed by atoms with Gasteiger partial charge in [0.15, 0.2) is 5.82 Å². The van der Waals surface area contributed by atoms with E-state index >= 15 is 0 Å². The average Bonchev–Trinajstić information content (AvgIpc) is 3.09. The van der Waals surface area contributed by atoms with E-state index < -0.39 is 0 Å². The molecule has 23 heavy (non-hydrogen) atoms. The van der Waals surface area contributed by atoms with Gasteiger partial charge in [0.2, 0.25) is 5.89 Å². The number of rotatable bonds is 4. The van der Waals surface area contributed by atoms with Crippen LogP contribution >= 0.6 is 11.3 Å². The topological polar surface area (TPSA) is 71.3 Å². The SMILES string of the molecule is O=C(Nc1cccs1)N1CCCC(Cc2nc(C3CC3)no2)C1. The second kappa shape index (κ2) is 6.31. The first-order valence-corrected chi connectivity index (χ1v) is 9.08. The lowest BCUT2D eigenvalue weighted by molar-refractivity contribution is 0.173. The molecule has 7 heteroatoms. The number of amides is 2. The molecule has 4 rings (SSSR count). The Morgan fingerprint density at radius 3 is 3.13 bits per heavy atom. The highest BCUT2D eigenvalue weighted by atomic mass is 32.1. The summed E-state index contributed by atoms with van der Waals surface area (Å²) in [6, 6.07) is 3.84. The number of aromatic nitrogens is 2. The number of hydrogen-bond acceptors (Lipinski definition) is 5. The van der Waals surface area contributed by atoms with E-state index in [1.165, 1.54) is 24.2 Å². The number of carbonyl (C=O) groups is 1. The summed E-state index contributed by atoms with van der Waals surface area (Å²) < 4.78 is 5.37. The summed E-state index contributed by atoms with van der Waals surface area (Å²) in [5.74, 6) is 2.50. The van der Waals surface area contributed by atoms with Crippen molar-refractivity contribution in [3.8, 4) is 0 Å². The van der Waals surface area contributed by atoms with Gasteiger partial charge in [-0.25, -0.2) is 4.79 Å². The highest BCUT2D eigenvalue weighted by Crippen LogP contribution is 2.38. The molecule has 2 aromatic rings. The molecule has 6 nitrogen and oxygen atoms in total. The molecule has 2 aliphatic rings. The first-order chi connectivity index (χ1) is 11.3. The van der Waals surface area contributed by atoms with E-state index in [1.54, 1.807) is 0 Å². The summed E-state index contributed by atoms with van der Waals surface area (Å²) in [7, 11) is 0. The Balaban J connectivity index is 1.33. The van der Waals surface area contributed by atoms with Gasteiger partial charge in [0, 0.05) is 25.4 Å². The first-order valence-electron chi connectivity index (χ1n) is 8.20. The lowest BCUT2D eigenvalue weighted by Gasteiger charge is -2.32. The molecule has 3 heterocycles. The molecule has 2 fully saturated rings. The maximum atomic E-state index is 12.3. The summed E-state index contributed by atoms with van der Waals surface area (Å²) >= 11 is 1.54. The van der Waals surface area contributed by atoms with Crippen LogP contribution in [0.1, 0.15) is 43.3 Å². The number of thiophene rings is 1. The standard InChI is InChI=1S/C16H20N4O2S/c21-16(18-14-4-2-8-23-14)20-7-1-3-11(10-20)9-13-17-15(19-22-13)12-5-6-12/h2,4,8,11-12H,1,3,5-7,9-10H2,(H,18,21). The third kappa shape index (κ3) is 3.55. The molecular weight excluding hydrogens is 312 g/mol. The molecule has 0 bridgehead atoms. The predicted octanol–water partition coefficient (Wildman–Crippen LogP) is 3.50. The van der Waals surface area contributed by atoms with E-state index in [9.17, 15) is 4.79 Å². The molecule has 1 N–H and O–H groups in total. The van der Waals surface area contributed by atoms with Crippen molar-refractivity contribution in [2.45, 2.75) is 38.0 Å². The number of anilines is 1. The van der Waals surface area contributed by atoms with E-state index in [0.29, 0.717) is 11.8 Å². The van der Waals surface area contributed by atoms with Gasteiger partial charge >= 0.3 is 6.03 Å². The number of hydrogen-bond donors (Lipinski definition) is 1. The summed E-state index contributed by atoms with van der Waals surface area (Å²) in [5.41, 5.74) is 0. The normalized spacial score (nSPS) is 21.4. The zero-order chi connectivity index (χ0) is 15.6. The third-order valence-electron chi connectivity index (χ3n) is 4.45. The van der Waals surface area contributed by atoms with Crippen LogP contribution in [0.15, 0.2) is 22.0 Å². The van der Waals surface area contributed by atoms with E-state index in [2.05, 4.69) is 15.5 Å². The van der Waals surface area contributed by atoms with Crippen LogP contribution in [0.2, 0.25) is 0 Å². The molecule has 1 aliphatic carbocycles. The van der Waals surface area contributed by atoms with Gasteiger partial charge in [-0.1, -0.05) is 5.16 Å². The van der Waals surface area contributed by atoms with Crippen LogP contribution in [-0.2, 0) is 6.42 Å². The maximum absolute atomic E-state index is 12.3. The monoisotopic (exact) mass is 332 g/mol. The fourth-order valence-corrected chi connectivity index (χ4v) is 3.66. The summed E-state index contributed by atoms with van der Waals surface area (Å²) in [5, 5.41) is 9.88. The molecule has 0 aromatic carbocycles. The Morgan fingerprint density at radius 2 is 2.35 bits per heavy atom. The zero-order valence-electron chi connectivity index (χ0n) is 12.9. The van der Waals surface area contributed by atoms with E-state index in [1.807, 2.05) is 22.4 Å².